The quantitative estimate of drug-likeness (QED) is 0.244. The number of benzene rings is 3. The molecule has 0 bridgehead atoms. The van der Waals surface area contributed by atoms with Crippen molar-refractivity contribution in [2.75, 3.05) is 20.3 Å². The van der Waals surface area contributed by atoms with Crippen LogP contribution in [0, 0.1) is 5.82 Å². The molecule has 33 heavy (non-hydrogen) atoms. The first-order chi connectivity index (χ1) is 16.1. The van der Waals surface area contributed by atoms with E-state index in [9.17, 15) is 9.18 Å². The van der Waals surface area contributed by atoms with Crippen molar-refractivity contribution in [3.05, 3.63) is 83.7 Å². The Morgan fingerprint density at radius 2 is 1.61 bits per heavy atom. The summed E-state index contributed by atoms with van der Waals surface area (Å²) in [6.07, 6.45) is 2.48. The maximum atomic E-state index is 14.2. The monoisotopic (exact) mass is 452 g/mol. The number of carbonyl (C=O) groups is 1. The summed E-state index contributed by atoms with van der Waals surface area (Å²) in [5, 5.41) is 0. The summed E-state index contributed by atoms with van der Waals surface area (Å²) < 4.78 is 36.2. The molecule has 0 aliphatic carbocycles. The van der Waals surface area contributed by atoms with Crippen LogP contribution in [0.3, 0.4) is 0 Å². The van der Waals surface area contributed by atoms with Crippen molar-refractivity contribution in [2.24, 2.45) is 0 Å². The molecular weight excluding hydrogens is 423 g/mol. The summed E-state index contributed by atoms with van der Waals surface area (Å²) in [5.41, 5.74) is 1.62. The molecular formula is C27H29FO5. The molecule has 0 aliphatic rings. The Balaban J connectivity index is 1.49. The number of hydrogen-bond donors (Lipinski definition) is 0. The van der Waals surface area contributed by atoms with Crippen LogP contribution in [-0.2, 0) is 22.4 Å². The predicted octanol–water partition coefficient (Wildman–Crippen LogP) is 6.13. The lowest BCUT2D eigenvalue weighted by Gasteiger charge is -2.14. The van der Waals surface area contributed by atoms with E-state index >= 15 is 0 Å². The molecule has 0 heterocycles. The SMILES string of the molecule is CCCc1cc(Oc2ccccc2)ccc1OCCCOc1ccc(CC(=O)OC)cc1F. The summed E-state index contributed by atoms with van der Waals surface area (Å²) >= 11 is 0. The van der Waals surface area contributed by atoms with E-state index in [-0.39, 0.29) is 12.2 Å². The van der Waals surface area contributed by atoms with Crippen LogP contribution in [0.25, 0.3) is 0 Å². The predicted molar refractivity (Wildman–Crippen MR) is 125 cm³/mol. The van der Waals surface area contributed by atoms with Crippen LogP contribution in [0.1, 0.15) is 30.9 Å². The normalized spacial score (nSPS) is 10.5. The number of carbonyl (C=O) groups excluding carboxylic acids is 1. The van der Waals surface area contributed by atoms with Crippen molar-refractivity contribution in [3.8, 4) is 23.0 Å². The molecule has 6 heteroatoms. The minimum Gasteiger partial charge on any atom is -0.493 e. The Morgan fingerprint density at radius 3 is 2.30 bits per heavy atom. The minimum atomic E-state index is -0.503. The highest BCUT2D eigenvalue weighted by atomic mass is 19.1. The topological polar surface area (TPSA) is 54.0 Å². The molecule has 174 valence electrons. The van der Waals surface area contributed by atoms with Gasteiger partial charge >= 0.3 is 5.97 Å². The molecule has 0 amide bonds. The van der Waals surface area contributed by atoms with Gasteiger partial charge in [0.15, 0.2) is 11.6 Å². The average Bonchev–Trinajstić information content (AvgIpc) is 2.82. The van der Waals surface area contributed by atoms with Crippen molar-refractivity contribution in [3.63, 3.8) is 0 Å². The Bertz CT molecular complexity index is 1040. The molecule has 0 atom stereocenters. The summed E-state index contributed by atoms with van der Waals surface area (Å²) in [4.78, 5) is 11.3. The van der Waals surface area contributed by atoms with Gasteiger partial charge in [-0.05, 0) is 60.0 Å². The molecule has 0 N–H and O–H groups in total. The van der Waals surface area contributed by atoms with Gasteiger partial charge in [-0.1, -0.05) is 37.6 Å². The summed E-state index contributed by atoms with van der Waals surface area (Å²) in [6, 6.07) is 19.9. The van der Waals surface area contributed by atoms with E-state index in [1.54, 1.807) is 6.07 Å². The van der Waals surface area contributed by atoms with Crippen molar-refractivity contribution in [1.29, 1.82) is 0 Å². The maximum Gasteiger partial charge on any atom is 0.309 e. The molecule has 0 aliphatic heterocycles. The third-order valence-electron chi connectivity index (χ3n) is 4.91. The Morgan fingerprint density at radius 1 is 0.879 bits per heavy atom. The van der Waals surface area contributed by atoms with E-state index in [0.717, 1.165) is 35.7 Å². The molecule has 0 spiro atoms. The number of methoxy groups -OCH3 is 1. The van der Waals surface area contributed by atoms with Crippen molar-refractivity contribution in [2.45, 2.75) is 32.6 Å². The third kappa shape index (κ3) is 7.52. The highest BCUT2D eigenvalue weighted by molar-refractivity contribution is 5.72. The van der Waals surface area contributed by atoms with Gasteiger partial charge in [-0.15, -0.1) is 0 Å². The second-order valence-electron chi connectivity index (χ2n) is 7.50. The lowest BCUT2D eigenvalue weighted by molar-refractivity contribution is -0.139. The van der Waals surface area contributed by atoms with E-state index < -0.39 is 11.8 Å². The van der Waals surface area contributed by atoms with Crippen molar-refractivity contribution >= 4 is 5.97 Å². The van der Waals surface area contributed by atoms with E-state index in [0.29, 0.717) is 25.2 Å². The molecule has 3 rings (SSSR count). The zero-order valence-corrected chi connectivity index (χ0v) is 19.0. The standard InChI is InChI=1S/C27H29FO5/c1-3-8-21-19-23(33-22-9-5-4-6-10-22)12-14-25(21)31-15-7-16-32-26-13-11-20(17-24(26)28)18-27(29)30-2/h4-6,9-14,17,19H,3,7-8,15-16,18H2,1-2H3. The first-order valence-electron chi connectivity index (χ1n) is 11.1. The number of hydrogen-bond acceptors (Lipinski definition) is 5. The smallest absolute Gasteiger partial charge is 0.309 e. The molecule has 0 fully saturated rings. The van der Waals surface area contributed by atoms with Crippen LogP contribution in [0.2, 0.25) is 0 Å². The Kier molecular flexibility index (Phi) is 9.12. The van der Waals surface area contributed by atoms with Gasteiger partial charge < -0.3 is 18.9 Å². The molecule has 3 aromatic carbocycles. The van der Waals surface area contributed by atoms with E-state index in [1.165, 1.54) is 19.2 Å². The molecule has 5 nitrogen and oxygen atoms in total. The van der Waals surface area contributed by atoms with Crippen molar-refractivity contribution < 1.29 is 28.1 Å². The van der Waals surface area contributed by atoms with Gasteiger partial charge in [0.25, 0.3) is 0 Å². The summed E-state index contributed by atoms with van der Waals surface area (Å²) in [5.74, 6) is 1.61. The fourth-order valence-electron chi connectivity index (χ4n) is 3.28. The lowest BCUT2D eigenvalue weighted by atomic mass is 10.1. The number of rotatable bonds is 12. The van der Waals surface area contributed by atoms with E-state index in [4.69, 9.17) is 14.2 Å². The van der Waals surface area contributed by atoms with Gasteiger partial charge in [0.2, 0.25) is 0 Å². The van der Waals surface area contributed by atoms with Gasteiger partial charge in [-0.25, -0.2) is 4.39 Å². The second-order valence-corrected chi connectivity index (χ2v) is 7.50. The largest absolute Gasteiger partial charge is 0.493 e. The fourth-order valence-corrected chi connectivity index (χ4v) is 3.28. The molecule has 0 unspecified atom stereocenters. The fraction of sp³-hybridized carbons (Fsp3) is 0.296. The van der Waals surface area contributed by atoms with Gasteiger partial charge in [0, 0.05) is 6.42 Å². The average molecular weight is 453 g/mol. The number of ether oxygens (including phenoxy) is 4. The summed E-state index contributed by atoms with van der Waals surface area (Å²) in [6.45, 7) is 2.87. The molecule has 0 saturated carbocycles. The van der Waals surface area contributed by atoms with Gasteiger partial charge in [0.05, 0.1) is 26.7 Å². The van der Waals surface area contributed by atoms with Crippen LogP contribution in [-0.4, -0.2) is 26.3 Å². The first-order valence-corrected chi connectivity index (χ1v) is 11.1. The molecule has 3 aromatic rings. The first kappa shape index (κ1) is 24.1. The van der Waals surface area contributed by atoms with E-state index in [1.807, 2.05) is 48.5 Å². The van der Waals surface area contributed by atoms with Gasteiger partial charge in [-0.3, -0.25) is 4.79 Å². The summed E-state index contributed by atoms with van der Waals surface area (Å²) in [7, 11) is 1.30. The van der Waals surface area contributed by atoms with Crippen LogP contribution in [0.5, 0.6) is 23.0 Å². The third-order valence-corrected chi connectivity index (χ3v) is 4.91. The van der Waals surface area contributed by atoms with Crippen LogP contribution in [0.15, 0.2) is 66.7 Å². The van der Waals surface area contributed by atoms with Crippen LogP contribution >= 0.6 is 0 Å². The Hall–Kier alpha value is -3.54. The minimum absolute atomic E-state index is 0.0246. The lowest BCUT2D eigenvalue weighted by Crippen LogP contribution is -2.08. The van der Waals surface area contributed by atoms with Gasteiger partial charge in [-0.2, -0.15) is 0 Å². The second kappa shape index (κ2) is 12.5. The molecule has 0 radical (unpaired) electrons. The van der Waals surface area contributed by atoms with Gasteiger partial charge in [0.1, 0.15) is 17.2 Å². The number of esters is 1. The highest BCUT2D eigenvalue weighted by Crippen LogP contribution is 2.29. The number of para-hydroxylation sites is 1. The number of aryl methyl sites for hydroxylation is 1. The van der Waals surface area contributed by atoms with Crippen molar-refractivity contribution in [1.82, 2.24) is 0 Å². The van der Waals surface area contributed by atoms with E-state index in [2.05, 4.69) is 11.7 Å². The highest BCUT2D eigenvalue weighted by Gasteiger charge is 2.09. The number of halogens is 1. The Labute approximate surface area is 194 Å². The molecule has 0 aromatic heterocycles. The van der Waals surface area contributed by atoms with Crippen LogP contribution in [0.4, 0.5) is 4.39 Å². The zero-order chi connectivity index (χ0) is 23.5. The zero-order valence-electron chi connectivity index (χ0n) is 19.0. The van der Waals surface area contributed by atoms with Crippen LogP contribution < -0.4 is 14.2 Å². The maximum absolute atomic E-state index is 14.2. The molecule has 0 saturated heterocycles.